The molecule has 7 N–H and O–H groups in total. The summed E-state index contributed by atoms with van der Waals surface area (Å²) < 4.78 is 16.6. The molecule has 0 saturated carbocycles. The molecule has 2 unspecified atom stereocenters. The van der Waals surface area contributed by atoms with Gasteiger partial charge >= 0.3 is 0 Å². The Labute approximate surface area is 185 Å². The van der Waals surface area contributed by atoms with Crippen molar-refractivity contribution in [2.45, 2.75) is 88.0 Å². The van der Waals surface area contributed by atoms with Gasteiger partial charge in [-0.15, -0.1) is 0 Å². The average molecular weight is 465 g/mol. The molecule has 0 bridgehead atoms. The first kappa shape index (κ1) is 25.7. The zero-order valence-electron chi connectivity index (χ0n) is 18.2. The van der Waals surface area contributed by atoms with Gasteiger partial charge in [0.25, 0.3) is 0 Å². The lowest BCUT2D eigenvalue weighted by Crippen LogP contribution is -2.66. The van der Waals surface area contributed by atoms with Gasteiger partial charge in [0.05, 0.1) is 13.2 Å². The second kappa shape index (κ2) is 10.6. The maximum atomic E-state index is 12.5. The van der Waals surface area contributed by atoms with Crippen molar-refractivity contribution in [3.8, 4) is 0 Å². The van der Waals surface area contributed by atoms with Gasteiger partial charge in [-0.3, -0.25) is 4.79 Å². The molecule has 0 spiro atoms. The highest BCUT2D eigenvalue weighted by atomic mass is 16.7. The Balaban J connectivity index is 1.71. The van der Waals surface area contributed by atoms with Crippen molar-refractivity contribution in [3.63, 3.8) is 0 Å². The molecule has 3 heterocycles. The van der Waals surface area contributed by atoms with Gasteiger partial charge in [-0.2, -0.15) is 0 Å². The number of hydrogen-bond acceptors (Lipinski definition) is 11. The van der Waals surface area contributed by atoms with Crippen LogP contribution in [0.15, 0.2) is 0 Å². The van der Waals surface area contributed by atoms with E-state index in [-0.39, 0.29) is 11.8 Å². The molecule has 32 heavy (non-hydrogen) atoms. The van der Waals surface area contributed by atoms with Crippen LogP contribution in [0.4, 0.5) is 0 Å². The first-order chi connectivity index (χ1) is 15.1. The van der Waals surface area contributed by atoms with Gasteiger partial charge in [0.1, 0.15) is 48.8 Å². The van der Waals surface area contributed by atoms with E-state index in [0.717, 1.165) is 6.42 Å². The summed E-state index contributed by atoms with van der Waals surface area (Å²) in [5.74, 6) is 0.250. The number of hydrogen-bond donors (Lipinski definition) is 7. The number of nitrogens with zero attached hydrogens (tertiary/aromatic N) is 1. The Morgan fingerprint density at radius 1 is 0.938 bits per heavy atom. The third-order valence-corrected chi connectivity index (χ3v) is 6.33. The van der Waals surface area contributed by atoms with Crippen LogP contribution in [0.2, 0.25) is 0 Å². The molecule has 3 aliphatic rings. The Hall–Kier alpha value is -0.930. The SMILES string of the molecule is CC(C)C[C@@H]1CC(=O)N([C@@H]2O[C@H](CO)[C@@H](O[C@@H]3O[C@H](CO)[C@H](O)C(O)[C@H]3O)C(O)[C@H]2O)C1. The lowest BCUT2D eigenvalue weighted by atomic mass is 9.95. The molecule has 12 nitrogen and oxygen atoms in total. The lowest BCUT2D eigenvalue weighted by Gasteiger charge is -2.47. The van der Waals surface area contributed by atoms with E-state index >= 15 is 0 Å². The standard InChI is InChI=1S/C20H35NO11/c1-8(2)3-9-4-12(24)21(5-9)19-16(28)15(27)18(11(7-23)30-19)32-20-17(29)14(26)13(25)10(6-22)31-20/h8-11,13-20,22-23,25-29H,3-7H2,1-2H3/t9-,10-,11-,13+,14?,15?,16-,17-,18-,19-,20+/m1/s1. The first-order valence-corrected chi connectivity index (χ1v) is 11.0. The summed E-state index contributed by atoms with van der Waals surface area (Å²) in [5, 5.41) is 70.5. The molecule has 3 rings (SSSR count). The molecule has 3 fully saturated rings. The van der Waals surface area contributed by atoms with Gasteiger partial charge in [-0.25, -0.2) is 0 Å². The van der Waals surface area contributed by atoms with Crippen molar-refractivity contribution in [1.29, 1.82) is 0 Å². The third-order valence-electron chi connectivity index (χ3n) is 6.33. The predicted molar refractivity (Wildman–Crippen MR) is 106 cm³/mol. The molecule has 3 aliphatic heterocycles. The molecular weight excluding hydrogens is 430 g/mol. The summed E-state index contributed by atoms with van der Waals surface area (Å²) in [6.07, 6.45) is -13.7. The highest BCUT2D eigenvalue weighted by Gasteiger charge is 2.52. The van der Waals surface area contributed by atoms with E-state index in [9.17, 15) is 40.5 Å². The van der Waals surface area contributed by atoms with Gasteiger partial charge in [0, 0.05) is 13.0 Å². The van der Waals surface area contributed by atoms with E-state index in [1.807, 2.05) is 13.8 Å². The van der Waals surface area contributed by atoms with E-state index in [4.69, 9.17) is 14.2 Å². The Bertz CT molecular complexity index is 633. The van der Waals surface area contributed by atoms with Crippen molar-refractivity contribution in [1.82, 2.24) is 4.90 Å². The number of carbonyl (C=O) groups is 1. The van der Waals surface area contributed by atoms with E-state index < -0.39 is 74.6 Å². The second-order valence-electron chi connectivity index (χ2n) is 9.27. The Morgan fingerprint density at radius 2 is 1.59 bits per heavy atom. The van der Waals surface area contributed by atoms with Crippen LogP contribution in [0.1, 0.15) is 26.7 Å². The van der Waals surface area contributed by atoms with Gasteiger partial charge in [0.2, 0.25) is 5.91 Å². The summed E-state index contributed by atoms with van der Waals surface area (Å²) in [6.45, 7) is 3.14. The van der Waals surface area contributed by atoms with E-state index in [2.05, 4.69) is 0 Å². The van der Waals surface area contributed by atoms with Crippen LogP contribution >= 0.6 is 0 Å². The van der Waals surface area contributed by atoms with Crippen molar-refractivity contribution >= 4 is 5.91 Å². The third kappa shape index (κ3) is 5.09. The maximum absolute atomic E-state index is 12.5. The van der Waals surface area contributed by atoms with E-state index in [1.165, 1.54) is 4.90 Å². The fraction of sp³-hybridized carbons (Fsp3) is 0.950. The summed E-state index contributed by atoms with van der Waals surface area (Å²) in [7, 11) is 0. The van der Waals surface area contributed by atoms with Crippen LogP contribution < -0.4 is 0 Å². The van der Waals surface area contributed by atoms with Crippen molar-refractivity contribution < 1.29 is 54.8 Å². The molecule has 0 aromatic heterocycles. The van der Waals surface area contributed by atoms with Crippen LogP contribution in [0.5, 0.6) is 0 Å². The number of ether oxygens (including phenoxy) is 3. The highest BCUT2D eigenvalue weighted by molar-refractivity contribution is 5.79. The summed E-state index contributed by atoms with van der Waals surface area (Å²) in [4.78, 5) is 13.9. The molecule has 186 valence electrons. The average Bonchev–Trinajstić information content (AvgIpc) is 3.10. The highest BCUT2D eigenvalue weighted by Crippen LogP contribution is 2.33. The minimum absolute atomic E-state index is 0.0890. The van der Waals surface area contributed by atoms with Gasteiger partial charge in [-0.1, -0.05) is 13.8 Å². The van der Waals surface area contributed by atoms with Crippen LogP contribution in [0.25, 0.3) is 0 Å². The minimum atomic E-state index is -1.73. The fourth-order valence-corrected chi connectivity index (χ4v) is 4.71. The summed E-state index contributed by atoms with van der Waals surface area (Å²) >= 11 is 0. The zero-order valence-corrected chi connectivity index (χ0v) is 18.2. The predicted octanol–water partition coefficient (Wildman–Crippen LogP) is -3.49. The normalized spacial score (nSPS) is 45.6. The topological polar surface area (TPSA) is 190 Å². The van der Waals surface area contributed by atoms with Gasteiger partial charge < -0.3 is 54.9 Å². The molecule has 0 aromatic carbocycles. The summed E-state index contributed by atoms with van der Waals surface area (Å²) in [5.41, 5.74) is 0. The van der Waals surface area contributed by atoms with Gasteiger partial charge in [-0.05, 0) is 18.3 Å². The number of aliphatic hydroxyl groups is 7. The minimum Gasteiger partial charge on any atom is -0.394 e. The molecule has 3 saturated heterocycles. The number of aliphatic hydroxyl groups excluding tert-OH is 7. The Kier molecular flexibility index (Phi) is 8.47. The van der Waals surface area contributed by atoms with Crippen LogP contribution in [-0.2, 0) is 19.0 Å². The number of amides is 1. The quantitative estimate of drug-likeness (QED) is 0.198. The monoisotopic (exact) mass is 465 g/mol. The number of carbonyl (C=O) groups excluding carboxylic acids is 1. The van der Waals surface area contributed by atoms with Crippen LogP contribution in [0.3, 0.4) is 0 Å². The second-order valence-corrected chi connectivity index (χ2v) is 9.27. The molecule has 1 amide bonds. The molecule has 0 radical (unpaired) electrons. The van der Waals surface area contributed by atoms with Crippen molar-refractivity contribution in [2.75, 3.05) is 19.8 Å². The molecule has 0 aromatic rings. The fourth-order valence-electron chi connectivity index (χ4n) is 4.71. The zero-order chi connectivity index (χ0) is 23.7. The number of rotatable bonds is 7. The Morgan fingerprint density at radius 3 is 2.19 bits per heavy atom. The van der Waals surface area contributed by atoms with Crippen molar-refractivity contribution in [2.24, 2.45) is 11.8 Å². The number of likely N-dealkylation sites (tertiary alicyclic amines) is 1. The van der Waals surface area contributed by atoms with Crippen LogP contribution in [0, 0.1) is 11.8 Å². The largest absolute Gasteiger partial charge is 0.394 e. The first-order valence-electron chi connectivity index (χ1n) is 11.0. The van der Waals surface area contributed by atoms with E-state index in [1.54, 1.807) is 0 Å². The summed E-state index contributed by atoms with van der Waals surface area (Å²) in [6, 6.07) is 0. The smallest absolute Gasteiger partial charge is 0.225 e. The lowest BCUT2D eigenvalue weighted by molar-refractivity contribution is -0.347. The molecule has 12 heteroatoms. The molecular formula is C20H35NO11. The van der Waals surface area contributed by atoms with E-state index in [0.29, 0.717) is 18.9 Å². The molecule has 0 aliphatic carbocycles. The maximum Gasteiger partial charge on any atom is 0.225 e. The van der Waals surface area contributed by atoms with Gasteiger partial charge in [0.15, 0.2) is 12.5 Å². The molecule has 11 atom stereocenters. The van der Waals surface area contributed by atoms with Crippen molar-refractivity contribution in [3.05, 3.63) is 0 Å². The van der Waals surface area contributed by atoms with Crippen LogP contribution in [-0.4, -0.2) is 128 Å².